The first-order chi connectivity index (χ1) is 11.7. The summed E-state index contributed by atoms with van der Waals surface area (Å²) in [5, 5.41) is -0.161. The Morgan fingerprint density at radius 2 is 1.88 bits per heavy atom. The number of aromatic amines is 1. The van der Waals surface area contributed by atoms with Gasteiger partial charge in [-0.2, -0.15) is 0 Å². The molecule has 0 aliphatic rings. The van der Waals surface area contributed by atoms with Crippen molar-refractivity contribution in [3.63, 3.8) is 0 Å². The van der Waals surface area contributed by atoms with Crippen LogP contribution in [0.5, 0.6) is 5.75 Å². The lowest BCUT2D eigenvalue weighted by atomic mass is 9.31. The van der Waals surface area contributed by atoms with Crippen LogP contribution in [-0.2, 0) is 11.8 Å². The van der Waals surface area contributed by atoms with Crippen molar-refractivity contribution in [2.24, 2.45) is 0 Å². The first kappa shape index (κ1) is 18.3. The minimum Gasteiger partial charge on any atom is -0.487 e. The topological polar surface area (TPSA) is 28.3 Å². The third-order valence-electron chi connectivity index (χ3n) is 4.47. The number of fused-ring (bicyclic) bond motifs is 1. The number of likely N-dealkylation sites (N-methyl/N-ethyl adjacent to an activating group) is 1. The van der Waals surface area contributed by atoms with Gasteiger partial charge < -0.3 is 14.6 Å². The average molecular weight is 340 g/mol. The number of H-pyrrole nitrogens is 1. The fourth-order valence-electron chi connectivity index (χ4n) is 2.73. The van der Waals surface area contributed by atoms with E-state index in [9.17, 15) is 0 Å². The highest BCUT2D eigenvalue weighted by atomic mass is 32.1. The van der Waals surface area contributed by atoms with Gasteiger partial charge in [0.2, 0.25) is 0 Å². The molecule has 0 amide bonds. The van der Waals surface area contributed by atoms with E-state index in [2.05, 4.69) is 4.98 Å². The van der Waals surface area contributed by atoms with Gasteiger partial charge in [0, 0.05) is 22.0 Å². The molecule has 0 bridgehead atoms. The average Bonchev–Trinajstić information content (AvgIpc) is 3.22. The summed E-state index contributed by atoms with van der Waals surface area (Å²) in [5.74, 6) is 0.678. The molecule has 25 heavy (non-hydrogen) atoms. The second kappa shape index (κ2) is 6.65. The molecule has 3 nitrogen and oxygen atoms in total. The van der Waals surface area contributed by atoms with Crippen molar-refractivity contribution in [2.75, 3.05) is 14.1 Å². The SMILES string of the molecule is [B]C([B])(c1c[nH]c2cccc(OCc3cccs3)c12)C([B])([B])N(C)C. The smallest absolute Gasteiger partial charge is 0.129 e. The molecular weight excluding hydrogens is 324 g/mol. The molecule has 3 aromatic rings. The Morgan fingerprint density at radius 1 is 1.12 bits per heavy atom. The molecule has 8 radical (unpaired) electrons. The van der Waals surface area contributed by atoms with Crippen molar-refractivity contribution >= 4 is 53.6 Å². The maximum absolute atomic E-state index is 6.40. The van der Waals surface area contributed by atoms with E-state index in [4.69, 9.17) is 36.1 Å². The van der Waals surface area contributed by atoms with Gasteiger partial charge in [-0.3, -0.25) is 0 Å². The van der Waals surface area contributed by atoms with E-state index in [-0.39, 0.29) is 0 Å². The maximum atomic E-state index is 6.40. The zero-order valence-corrected chi connectivity index (χ0v) is 15.1. The Bertz CT molecular complexity index is 859. The van der Waals surface area contributed by atoms with Gasteiger partial charge in [0.25, 0.3) is 0 Å². The van der Waals surface area contributed by atoms with Gasteiger partial charge in [0.05, 0.1) is 31.4 Å². The van der Waals surface area contributed by atoms with Crippen LogP contribution in [0.1, 0.15) is 10.4 Å². The third kappa shape index (κ3) is 3.18. The molecular formula is C17H16B4N2OS. The summed E-state index contributed by atoms with van der Waals surface area (Å²) in [5.41, 5.74) is 1.46. The Kier molecular flexibility index (Phi) is 4.86. The van der Waals surface area contributed by atoms with Gasteiger partial charge in [-0.15, -0.1) is 11.3 Å². The number of rotatable bonds is 6. The van der Waals surface area contributed by atoms with E-state index in [1.807, 2.05) is 35.7 Å². The lowest BCUT2D eigenvalue weighted by molar-refractivity contribution is 0.306. The molecule has 1 N–H and O–H groups in total. The molecule has 1 aromatic carbocycles. The minimum absolute atomic E-state index is 0.466. The zero-order chi connectivity index (χ0) is 18.2. The monoisotopic (exact) mass is 340 g/mol. The molecule has 0 atom stereocenters. The molecule has 8 heteroatoms. The molecule has 3 rings (SSSR count). The van der Waals surface area contributed by atoms with Crippen molar-refractivity contribution in [2.45, 2.75) is 17.2 Å². The summed E-state index contributed by atoms with van der Waals surface area (Å²) in [6, 6.07) is 9.73. The fourth-order valence-corrected chi connectivity index (χ4v) is 3.34. The standard InChI is InChI=1S/C17H16B4N2OS/c1-23(2)17(20,21)16(18,19)12-9-22-13-6-3-7-14(15(12)13)24-10-11-5-4-8-25-11/h3-9,22H,10H2,1-2H3. The Morgan fingerprint density at radius 3 is 2.52 bits per heavy atom. The first-order valence-corrected chi connectivity index (χ1v) is 8.72. The number of nitrogens with one attached hydrogen (secondary N) is 1. The number of aromatic nitrogens is 1. The van der Waals surface area contributed by atoms with Gasteiger partial charge in [-0.05, 0) is 43.2 Å². The number of ether oxygens (including phenoxy) is 1. The van der Waals surface area contributed by atoms with Gasteiger partial charge in [0.15, 0.2) is 0 Å². The predicted octanol–water partition coefficient (Wildman–Crippen LogP) is 1.85. The van der Waals surface area contributed by atoms with Gasteiger partial charge in [0.1, 0.15) is 12.4 Å². The van der Waals surface area contributed by atoms with E-state index in [1.165, 1.54) is 0 Å². The molecule has 0 spiro atoms. The third-order valence-corrected chi connectivity index (χ3v) is 5.32. The van der Waals surface area contributed by atoms with Crippen molar-refractivity contribution in [3.8, 4) is 5.75 Å². The summed E-state index contributed by atoms with van der Waals surface area (Å²) in [7, 11) is 28.7. The molecule has 0 saturated heterocycles. The Labute approximate surface area is 157 Å². The van der Waals surface area contributed by atoms with Gasteiger partial charge in [-0.1, -0.05) is 22.7 Å². The predicted molar refractivity (Wildman–Crippen MR) is 108 cm³/mol. The van der Waals surface area contributed by atoms with Crippen LogP contribution in [0, 0.1) is 0 Å². The second-order valence-electron chi connectivity index (χ2n) is 6.34. The summed E-state index contributed by atoms with van der Waals surface area (Å²) in [6.07, 6.45) is 1.74. The van der Waals surface area contributed by atoms with Gasteiger partial charge >= 0.3 is 0 Å². The molecule has 0 aliphatic heterocycles. The summed E-state index contributed by atoms with van der Waals surface area (Å²) in [6.45, 7) is 0.466. The lowest BCUT2D eigenvalue weighted by Crippen LogP contribution is -2.62. The van der Waals surface area contributed by atoms with Crippen LogP contribution < -0.4 is 4.74 Å². The fraction of sp³-hybridized carbons (Fsp3) is 0.294. The number of benzene rings is 1. The van der Waals surface area contributed by atoms with Crippen LogP contribution >= 0.6 is 11.3 Å². The van der Waals surface area contributed by atoms with E-state index >= 15 is 0 Å². The lowest BCUT2D eigenvalue weighted by Gasteiger charge is -2.49. The van der Waals surface area contributed by atoms with Crippen molar-refractivity contribution in [3.05, 3.63) is 52.3 Å². The van der Waals surface area contributed by atoms with Crippen LogP contribution in [0.2, 0.25) is 0 Å². The number of nitrogens with zero attached hydrogens (tertiary/aromatic N) is 1. The highest BCUT2D eigenvalue weighted by Crippen LogP contribution is 2.38. The second-order valence-corrected chi connectivity index (χ2v) is 7.37. The van der Waals surface area contributed by atoms with Crippen LogP contribution in [-0.4, -0.2) is 60.7 Å². The Balaban J connectivity index is 2.05. The van der Waals surface area contributed by atoms with E-state index in [1.54, 1.807) is 36.5 Å². The largest absolute Gasteiger partial charge is 0.487 e. The van der Waals surface area contributed by atoms with Gasteiger partial charge in [-0.25, -0.2) is 0 Å². The zero-order valence-electron chi connectivity index (χ0n) is 14.3. The quantitative estimate of drug-likeness (QED) is 0.694. The molecule has 2 heterocycles. The molecule has 0 aliphatic carbocycles. The van der Waals surface area contributed by atoms with E-state index in [0.717, 1.165) is 15.8 Å². The highest BCUT2D eigenvalue weighted by Gasteiger charge is 2.39. The molecule has 2 aromatic heterocycles. The Hall–Kier alpha value is -1.52. The molecule has 0 fully saturated rings. The number of thiophene rings is 1. The van der Waals surface area contributed by atoms with Crippen molar-refractivity contribution < 1.29 is 4.74 Å². The van der Waals surface area contributed by atoms with Crippen molar-refractivity contribution in [1.29, 1.82) is 0 Å². The summed E-state index contributed by atoms with van der Waals surface area (Å²) < 4.78 is 6.02. The van der Waals surface area contributed by atoms with E-state index < -0.39 is 10.6 Å². The van der Waals surface area contributed by atoms with Crippen LogP contribution in [0.25, 0.3) is 10.9 Å². The minimum atomic E-state index is -1.50. The van der Waals surface area contributed by atoms with Crippen LogP contribution in [0.15, 0.2) is 41.9 Å². The summed E-state index contributed by atoms with van der Waals surface area (Å²) in [4.78, 5) is 5.90. The first-order valence-electron chi connectivity index (χ1n) is 7.84. The molecule has 0 unspecified atom stereocenters. The van der Waals surface area contributed by atoms with Crippen LogP contribution in [0.3, 0.4) is 0 Å². The molecule has 118 valence electrons. The van der Waals surface area contributed by atoms with Crippen molar-refractivity contribution in [1.82, 2.24) is 9.88 Å². The van der Waals surface area contributed by atoms with E-state index in [0.29, 0.717) is 17.9 Å². The summed E-state index contributed by atoms with van der Waals surface area (Å²) >= 11 is 1.64. The molecule has 0 saturated carbocycles. The highest BCUT2D eigenvalue weighted by molar-refractivity contribution is 7.09. The maximum Gasteiger partial charge on any atom is 0.129 e. The normalized spacial score (nSPS) is 12.8. The number of hydrogen-bond acceptors (Lipinski definition) is 3. The number of hydrogen-bond donors (Lipinski definition) is 1. The van der Waals surface area contributed by atoms with Crippen LogP contribution in [0.4, 0.5) is 0 Å².